The zero-order valence-electron chi connectivity index (χ0n) is 12.6. The Morgan fingerprint density at radius 1 is 1.50 bits per heavy atom. The number of rotatable bonds is 3. The van der Waals surface area contributed by atoms with Crippen LogP contribution in [0.25, 0.3) is 11.3 Å². The number of piperidine rings is 1. The van der Waals surface area contributed by atoms with Gasteiger partial charge >= 0.3 is 0 Å². The molecule has 1 aliphatic heterocycles. The molecular weight excluding hydrogens is 322 g/mol. The van der Waals surface area contributed by atoms with Crippen molar-refractivity contribution in [3.8, 4) is 11.3 Å². The third kappa shape index (κ3) is 3.69. The van der Waals surface area contributed by atoms with Crippen molar-refractivity contribution >= 4 is 34.8 Å². The number of anilines is 1. The summed E-state index contributed by atoms with van der Waals surface area (Å²) in [6, 6.07) is 1.97. The van der Waals surface area contributed by atoms with E-state index in [4.69, 9.17) is 4.42 Å². The van der Waals surface area contributed by atoms with Crippen LogP contribution >= 0.6 is 23.7 Å². The van der Waals surface area contributed by atoms with Gasteiger partial charge in [0.1, 0.15) is 11.5 Å². The number of nitrogens with one attached hydrogen (secondary N) is 2. The summed E-state index contributed by atoms with van der Waals surface area (Å²) >= 11 is 1.45. The molecule has 1 atom stereocenters. The molecule has 7 heteroatoms. The highest BCUT2D eigenvalue weighted by molar-refractivity contribution is 7.14. The summed E-state index contributed by atoms with van der Waals surface area (Å²) in [4.78, 5) is 16.7. The minimum atomic E-state index is 0. The standard InChI is InChI=1S/C15H19N3O2S.ClH/c1-9-6-12(10(2)20-9)13-8-21-15(17-13)18-14(19)11-4-3-5-16-7-11;/h6,8,11,16H,3-5,7H2,1-2H3,(H,17,18,19);1H. The van der Waals surface area contributed by atoms with Crippen LogP contribution in [0.1, 0.15) is 24.4 Å². The van der Waals surface area contributed by atoms with Crippen molar-refractivity contribution in [2.24, 2.45) is 5.92 Å². The molecule has 2 N–H and O–H groups in total. The van der Waals surface area contributed by atoms with E-state index >= 15 is 0 Å². The van der Waals surface area contributed by atoms with E-state index < -0.39 is 0 Å². The molecule has 2 aromatic heterocycles. The summed E-state index contributed by atoms with van der Waals surface area (Å²) < 4.78 is 5.52. The second-order valence-electron chi connectivity index (χ2n) is 5.40. The molecule has 0 aromatic carbocycles. The number of furan rings is 1. The zero-order chi connectivity index (χ0) is 14.8. The number of thiazole rings is 1. The summed E-state index contributed by atoms with van der Waals surface area (Å²) in [6.45, 7) is 5.60. The lowest BCUT2D eigenvalue weighted by Gasteiger charge is -2.21. The van der Waals surface area contributed by atoms with Gasteiger partial charge in [-0.15, -0.1) is 23.7 Å². The van der Waals surface area contributed by atoms with Crippen LogP contribution in [-0.2, 0) is 4.79 Å². The van der Waals surface area contributed by atoms with E-state index in [0.29, 0.717) is 5.13 Å². The molecule has 0 aliphatic carbocycles. The Bertz CT molecular complexity index is 647. The third-order valence-electron chi connectivity index (χ3n) is 3.72. The fourth-order valence-electron chi connectivity index (χ4n) is 2.62. The fraction of sp³-hybridized carbons (Fsp3) is 0.467. The maximum Gasteiger partial charge on any atom is 0.230 e. The van der Waals surface area contributed by atoms with Crippen molar-refractivity contribution in [3.05, 3.63) is 23.0 Å². The van der Waals surface area contributed by atoms with Crippen LogP contribution in [0, 0.1) is 19.8 Å². The highest BCUT2D eigenvalue weighted by Crippen LogP contribution is 2.29. The van der Waals surface area contributed by atoms with E-state index in [1.54, 1.807) is 0 Å². The third-order valence-corrected chi connectivity index (χ3v) is 4.48. The normalized spacial score (nSPS) is 17.8. The second-order valence-corrected chi connectivity index (χ2v) is 6.26. The summed E-state index contributed by atoms with van der Waals surface area (Å²) in [5, 5.41) is 8.78. The first-order chi connectivity index (χ1) is 10.1. The highest BCUT2D eigenvalue weighted by atomic mass is 35.5. The highest BCUT2D eigenvalue weighted by Gasteiger charge is 2.22. The van der Waals surface area contributed by atoms with Crippen LogP contribution in [0.5, 0.6) is 0 Å². The summed E-state index contributed by atoms with van der Waals surface area (Å²) in [6.07, 6.45) is 1.99. The first-order valence-corrected chi connectivity index (χ1v) is 8.06. The van der Waals surface area contributed by atoms with Gasteiger partial charge in [0.15, 0.2) is 5.13 Å². The molecule has 1 unspecified atom stereocenters. The molecule has 1 saturated heterocycles. The van der Waals surface area contributed by atoms with Gasteiger partial charge in [-0.1, -0.05) is 0 Å². The van der Waals surface area contributed by atoms with Crippen molar-refractivity contribution in [2.75, 3.05) is 18.4 Å². The Labute approximate surface area is 139 Å². The minimum absolute atomic E-state index is 0. The largest absolute Gasteiger partial charge is 0.466 e. The van der Waals surface area contributed by atoms with E-state index in [9.17, 15) is 4.79 Å². The number of nitrogens with zero attached hydrogens (tertiary/aromatic N) is 1. The van der Waals surface area contributed by atoms with Crippen LogP contribution in [0.15, 0.2) is 15.9 Å². The molecule has 5 nitrogen and oxygen atoms in total. The molecule has 3 heterocycles. The van der Waals surface area contributed by atoms with Crippen molar-refractivity contribution in [1.82, 2.24) is 10.3 Å². The number of hydrogen-bond donors (Lipinski definition) is 2. The van der Waals surface area contributed by atoms with Gasteiger partial charge in [-0.3, -0.25) is 4.79 Å². The molecule has 0 saturated carbocycles. The van der Waals surface area contributed by atoms with E-state index in [0.717, 1.165) is 48.7 Å². The monoisotopic (exact) mass is 341 g/mol. The molecule has 2 aromatic rings. The van der Waals surface area contributed by atoms with Crippen molar-refractivity contribution in [1.29, 1.82) is 0 Å². The molecule has 1 fully saturated rings. The Morgan fingerprint density at radius 3 is 2.95 bits per heavy atom. The summed E-state index contributed by atoms with van der Waals surface area (Å²) in [5.41, 5.74) is 1.84. The molecular formula is C15H20ClN3O2S. The van der Waals surface area contributed by atoms with E-state index in [-0.39, 0.29) is 24.2 Å². The fourth-order valence-corrected chi connectivity index (χ4v) is 3.34. The van der Waals surface area contributed by atoms with Crippen LogP contribution in [0.3, 0.4) is 0 Å². The smallest absolute Gasteiger partial charge is 0.230 e. The lowest BCUT2D eigenvalue weighted by Crippen LogP contribution is -2.37. The van der Waals surface area contributed by atoms with Gasteiger partial charge in [-0.05, 0) is 39.3 Å². The van der Waals surface area contributed by atoms with Crippen molar-refractivity contribution < 1.29 is 9.21 Å². The maximum atomic E-state index is 12.2. The first-order valence-electron chi connectivity index (χ1n) is 7.18. The van der Waals surface area contributed by atoms with Crippen LogP contribution in [0.2, 0.25) is 0 Å². The molecule has 0 radical (unpaired) electrons. The Balaban J connectivity index is 0.00000176. The molecule has 120 valence electrons. The lowest BCUT2D eigenvalue weighted by atomic mass is 9.99. The van der Waals surface area contributed by atoms with Gasteiger partial charge in [0.25, 0.3) is 0 Å². The molecule has 22 heavy (non-hydrogen) atoms. The molecule has 1 amide bonds. The van der Waals surface area contributed by atoms with Gasteiger partial charge in [0.05, 0.1) is 11.6 Å². The van der Waals surface area contributed by atoms with Gasteiger partial charge in [0.2, 0.25) is 5.91 Å². The number of aryl methyl sites for hydroxylation is 2. The quantitative estimate of drug-likeness (QED) is 0.898. The Hall–Kier alpha value is -1.37. The topological polar surface area (TPSA) is 67.2 Å². The number of amides is 1. The molecule has 1 aliphatic rings. The van der Waals surface area contributed by atoms with Crippen molar-refractivity contribution in [3.63, 3.8) is 0 Å². The summed E-state index contributed by atoms with van der Waals surface area (Å²) in [5.74, 6) is 1.83. The number of hydrogen-bond acceptors (Lipinski definition) is 5. The van der Waals surface area contributed by atoms with Gasteiger partial charge in [-0.2, -0.15) is 0 Å². The van der Waals surface area contributed by atoms with Crippen LogP contribution in [0.4, 0.5) is 5.13 Å². The molecule has 3 rings (SSSR count). The van der Waals surface area contributed by atoms with Gasteiger partial charge in [0, 0.05) is 17.5 Å². The zero-order valence-corrected chi connectivity index (χ0v) is 14.3. The van der Waals surface area contributed by atoms with E-state index in [2.05, 4.69) is 15.6 Å². The number of carbonyl (C=O) groups is 1. The van der Waals surface area contributed by atoms with E-state index in [1.807, 2.05) is 25.3 Å². The van der Waals surface area contributed by atoms with Crippen molar-refractivity contribution in [2.45, 2.75) is 26.7 Å². The first kappa shape index (κ1) is 17.0. The van der Waals surface area contributed by atoms with Crippen LogP contribution < -0.4 is 10.6 Å². The predicted molar refractivity (Wildman–Crippen MR) is 90.8 cm³/mol. The van der Waals surface area contributed by atoms with Gasteiger partial charge < -0.3 is 15.1 Å². The average molecular weight is 342 g/mol. The Kier molecular flexibility index (Phi) is 5.61. The Morgan fingerprint density at radius 2 is 2.32 bits per heavy atom. The summed E-state index contributed by atoms with van der Waals surface area (Å²) in [7, 11) is 0. The van der Waals surface area contributed by atoms with E-state index in [1.165, 1.54) is 11.3 Å². The maximum absolute atomic E-state index is 12.2. The van der Waals surface area contributed by atoms with Crippen LogP contribution in [-0.4, -0.2) is 24.0 Å². The number of aromatic nitrogens is 1. The number of carbonyl (C=O) groups excluding carboxylic acids is 1. The minimum Gasteiger partial charge on any atom is -0.466 e. The second kappa shape index (κ2) is 7.26. The molecule has 0 bridgehead atoms. The average Bonchev–Trinajstić information content (AvgIpc) is 3.06. The van der Waals surface area contributed by atoms with Gasteiger partial charge in [-0.25, -0.2) is 4.98 Å². The lowest BCUT2D eigenvalue weighted by molar-refractivity contribution is -0.120. The predicted octanol–water partition coefficient (Wildman–Crippen LogP) is 3.38. The number of halogens is 1. The molecule has 0 spiro atoms. The SMILES string of the molecule is Cc1cc(-c2csc(NC(=O)C3CCCNC3)n2)c(C)o1.Cl.